The van der Waals surface area contributed by atoms with E-state index in [4.69, 9.17) is 0 Å². The Kier molecular flexibility index (Phi) is 3.83. The molecule has 0 atom stereocenters. The number of rotatable bonds is 3. The number of aromatic nitrogens is 2. The Bertz CT molecular complexity index is 870. The molecule has 1 fully saturated rings. The minimum absolute atomic E-state index is 0.154. The van der Waals surface area contributed by atoms with Gasteiger partial charge in [0.05, 0.1) is 18.1 Å². The number of carbonyl (C=O) groups excluding carboxylic acids is 1. The van der Waals surface area contributed by atoms with Crippen molar-refractivity contribution >= 4 is 28.3 Å². The van der Waals surface area contributed by atoms with E-state index in [0.717, 1.165) is 29.8 Å². The zero-order chi connectivity index (χ0) is 16.4. The average molecular weight is 318 g/mol. The average Bonchev–Trinajstić information content (AvgIpc) is 3.16. The summed E-state index contributed by atoms with van der Waals surface area (Å²) in [6, 6.07) is 13.7. The van der Waals surface area contributed by atoms with Crippen molar-refractivity contribution in [3.05, 3.63) is 60.4 Å². The Labute approximate surface area is 140 Å². The molecule has 1 amide bonds. The number of amides is 1. The summed E-state index contributed by atoms with van der Waals surface area (Å²) in [6.45, 7) is 2.01. The first kappa shape index (κ1) is 14.6. The standard InChI is InChI=1S/C19H18N4O/c24-18(16-8-7-14-5-1-2-6-15(14)11-16)22-17-12-20-19(21-13-17)23-9-3-4-10-23/h1-2,5-8,11-13H,3-4,9-10H2,(H,22,24). The monoisotopic (exact) mass is 318 g/mol. The Morgan fingerprint density at radius 1 is 0.958 bits per heavy atom. The van der Waals surface area contributed by atoms with Crippen molar-refractivity contribution in [2.75, 3.05) is 23.3 Å². The maximum Gasteiger partial charge on any atom is 0.255 e. The largest absolute Gasteiger partial charge is 0.341 e. The second kappa shape index (κ2) is 6.28. The molecule has 0 unspecified atom stereocenters. The summed E-state index contributed by atoms with van der Waals surface area (Å²) >= 11 is 0. The highest BCUT2D eigenvalue weighted by atomic mass is 16.1. The summed E-state index contributed by atoms with van der Waals surface area (Å²) in [4.78, 5) is 23.3. The molecule has 0 aliphatic carbocycles. The van der Waals surface area contributed by atoms with Crippen LogP contribution in [0.1, 0.15) is 23.2 Å². The molecular weight excluding hydrogens is 300 g/mol. The van der Waals surface area contributed by atoms with E-state index in [9.17, 15) is 4.79 Å². The maximum atomic E-state index is 12.4. The second-order valence-electron chi connectivity index (χ2n) is 5.98. The number of anilines is 2. The van der Waals surface area contributed by atoms with Crippen LogP contribution in [0.3, 0.4) is 0 Å². The van der Waals surface area contributed by atoms with Gasteiger partial charge in [0.25, 0.3) is 5.91 Å². The van der Waals surface area contributed by atoms with Gasteiger partial charge in [-0.2, -0.15) is 0 Å². The van der Waals surface area contributed by atoms with Crippen LogP contribution < -0.4 is 10.2 Å². The minimum atomic E-state index is -0.154. The first-order chi connectivity index (χ1) is 11.8. The highest BCUT2D eigenvalue weighted by Gasteiger charge is 2.15. The molecule has 0 bridgehead atoms. The highest BCUT2D eigenvalue weighted by molar-refractivity contribution is 6.06. The predicted octanol–water partition coefficient (Wildman–Crippen LogP) is 3.48. The van der Waals surface area contributed by atoms with E-state index in [1.807, 2.05) is 42.5 Å². The van der Waals surface area contributed by atoms with Crippen molar-refractivity contribution in [1.82, 2.24) is 9.97 Å². The molecule has 1 N–H and O–H groups in total. The molecule has 5 nitrogen and oxygen atoms in total. The molecule has 24 heavy (non-hydrogen) atoms. The molecule has 0 spiro atoms. The number of nitrogens with one attached hydrogen (secondary N) is 1. The first-order valence-corrected chi connectivity index (χ1v) is 8.17. The van der Waals surface area contributed by atoms with Gasteiger partial charge in [-0.3, -0.25) is 4.79 Å². The molecule has 1 aliphatic heterocycles. The quantitative estimate of drug-likeness (QED) is 0.803. The van der Waals surface area contributed by atoms with Gasteiger partial charge in [0.2, 0.25) is 5.95 Å². The van der Waals surface area contributed by atoms with Gasteiger partial charge < -0.3 is 10.2 Å². The van der Waals surface area contributed by atoms with Gasteiger partial charge in [0.15, 0.2) is 0 Å². The fourth-order valence-corrected chi connectivity index (χ4v) is 3.00. The molecule has 3 aromatic rings. The van der Waals surface area contributed by atoms with Crippen LogP contribution in [0.4, 0.5) is 11.6 Å². The highest BCUT2D eigenvalue weighted by Crippen LogP contribution is 2.18. The van der Waals surface area contributed by atoms with Gasteiger partial charge in [-0.1, -0.05) is 30.3 Å². The third-order valence-corrected chi connectivity index (χ3v) is 4.30. The molecule has 1 saturated heterocycles. The van der Waals surface area contributed by atoms with Crippen LogP contribution in [0.25, 0.3) is 10.8 Å². The third kappa shape index (κ3) is 2.93. The lowest BCUT2D eigenvalue weighted by atomic mass is 10.1. The predicted molar refractivity (Wildman–Crippen MR) is 95.4 cm³/mol. The zero-order valence-corrected chi connectivity index (χ0v) is 13.3. The summed E-state index contributed by atoms with van der Waals surface area (Å²) in [7, 11) is 0. The summed E-state index contributed by atoms with van der Waals surface area (Å²) < 4.78 is 0. The molecule has 2 heterocycles. The van der Waals surface area contributed by atoms with E-state index in [2.05, 4.69) is 20.2 Å². The summed E-state index contributed by atoms with van der Waals surface area (Å²) in [6.07, 6.45) is 5.70. The van der Waals surface area contributed by atoms with Crippen molar-refractivity contribution in [3.63, 3.8) is 0 Å². The smallest absolute Gasteiger partial charge is 0.255 e. The summed E-state index contributed by atoms with van der Waals surface area (Å²) in [5.74, 6) is 0.578. The lowest BCUT2D eigenvalue weighted by Gasteiger charge is -2.14. The normalized spacial score (nSPS) is 14.1. The first-order valence-electron chi connectivity index (χ1n) is 8.17. The van der Waals surface area contributed by atoms with Crippen LogP contribution in [0.5, 0.6) is 0 Å². The van der Waals surface area contributed by atoms with E-state index in [1.165, 1.54) is 12.8 Å². The van der Waals surface area contributed by atoms with Crippen molar-refractivity contribution in [2.24, 2.45) is 0 Å². The van der Waals surface area contributed by atoms with Gasteiger partial charge in [0, 0.05) is 18.7 Å². The molecule has 4 rings (SSSR count). The zero-order valence-electron chi connectivity index (χ0n) is 13.3. The van der Waals surface area contributed by atoms with Gasteiger partial charge in [-0.15, -0.1) is 0 Å². The van der Waals surface area contributed by atoms with Gasteiger partial charge in [-0.25, -0.2) is 9.97 Å². The molecule has 1 aromatic heterocycles. The van der Waals surface area contributed by atoms with Gasteiger partial charge in [0.1, 0.15) is 0 Å². The van der Waals surface area contributed by atoms with Crippen LogP contribution in [-0.4, -0.2) is 29.0 Å². The van der Waals surface area contributed by atoms with Crippen molar-refractivity contribution < 1.29 is 4.79 Å². The number of nitrogens with zero attached hydrogens (tertiary/aromatic N) is 3. The lowest BCUT2D eigenvalue weighted by Crippen LogP contribution is -2.20. The number of hydrogen-bond acceptors (Lipinski definition) is 4. The van der Waals surface area contributed by atoms with E-state index in [-0.39, 0.29) is 5.91 Å². The third-order valence-electron chi connectivity index (χ3n) is 4.30. The number of carbonyl (C=O) groups is 1. The fourth-order valence-electron chi connectivity index (χ4n) is 3.00. The van der Waals surface area contributed by atoms with Crippen LogP contribution in [0.15, 0.2) is 54.9 Å². The Balaban J connectivity index is 1.50. The van der Waals surface area contributed by atoms with Crippen molar-refractivity contribution in [1.29, 1.82) is 0 Å². The molecule has 0 radical (unpaired) electrons. The summed E-state index contributed by atoms with van der Waals surface area (Å²) in [5.41, 5.74) is 1.23. The minimum Gasteiger partial charge on any atom is -0.341 e. The Morgan fingerprint density at radius 2 is 1.67 bits per heavy atom. The summed E-state index contributed by atoms with van der Waals surface area (Å²) in [5, 5.41) is 5.02. The Morgan fingerprint density at radius 3 is 2.42 bits per heavy atom. The van der Waals surface area contributed by atoms with Crippen molar-refractivity contribution in [2.45, 2.75) is 12.8 Å². The van der Waals surface area contributed by atoms with Gasteiger partial charge >= 0.3 is 0 Å². The van der Waals surface area contributed by atoms with Crippen LogP contribution in [0.2, 0.25) is 0 Å². The van der Waals surface area contributed by atoms with Crippen LogP contribution >= 0.6 is 0 Å². The molecule has 2 aromatic carbocycles. The van der Waals surface area contributed by atoms with E-state index in [0.29, 0.717) is 11.3 Å². The SMILES string of the molecule is O=C(Nc1cnc(N2CCCC2)nc1)c1ccc2ccccc2c1. The van der Waals surface area contributed by atoms with Crippen molar-refractivity contribution in [3.8, 4) is 0 Å². The van der Waals surface area contributed by atoms with Crippen LogP contribution in [-0.2, 0) is 0 Å². The second-order valence-corrected chi connectivity index (χ2v) is 5.98. The van der Waals surface area contributed by atoms with E-state index >= 15 is 0 Å². The number of benzene rings is 2. The molecule has 5 heteroatoms. The number of fused-ring (bicyclic) bond motifs is 1. The van der Waals surface area contributed by atoms with Gasteiger partial charge in [-0.05, 0) is 35.7 Å². The Hall–Kier alpha value is -2.95. The molecular formula is C19H18N4O. The topological polar surface area (TPSA) is 58.1 Å². The number of hydrogen-bond donors (Lipinski definition) is 1. The van der Waals surface area contributed by atoms with E-state index < -0.39 is 0 Å². The van der Waals surface area contributed by atoms with E-state index in [1.54, 1.807) is 12.4 Å². The lowest BCUT2D eigenvalue weighted by molar-refractivity contribution is 0.102. The molecule has 120 valence electrons. The fraction of sp³-hybridized carbons (Fsp3) is 0.211. The van der Waals surface area contributed by atoms with Crippen LogP contribution in [0, 0.1) is 0 Å². The molecule has 1 aliphatic rings. The maximum absolute atomic E-state index is 12.4. The molecule has 0 saturated carbocycles.